The van der Waals surface area contributed by atoms with E-state index in [1.54, 1.807) is 0 Å². The zero-order valence-corrected chi connectivity index (χ0v) is 23.2. The Morgan fingerprint density at radius 1 is 0.400 bits per heavy atom. The molecule has 0 fully saturated rings. The monoisotopic (exact) mass is 568 g/mol. The van der Waals surface area contributed by atoms with E-state index in [-0.39, 0.29) is 13.2 Å². The maximum absolute atomic E-state index is 8.66. The van der Waals surface area contributed by atoms with Crippen LogP contribution in [0.1, 0.15) is 5.56 Å². The Hall–Kier alpha value is -2.48. The van der Waals surface area contributed by atoms with E-state index in [1.807, 2.05) is 48.5 Å². The van der Waals surface area contributed by atoms with Gasteiger partial charge in [0.1, 0.15) is 19.8 Å². The topological polar surface area (TPSA) is 124 Å². The molecule has 2 rings (SSSR count). The van der Waals surface area contributed by atoms with Gasteiger partial charge in [-0.1, -0.05) is 36.4 Å². The van der Waals surface area contributed by atoms with Crippen LogP contribution in [-0.4, -0.2) is 116 Å². The van der Waals surface area contributed by atoms with Crippen LogP contribution < -0.4 is 14.2 Å². The average molecular weight is 569 g/mol. The third-order valence-electron chi connectivity index (χ3n) is 5.10. The fourth-order valence-corrected chi connectivity index (χ4v) is 3.23. The quantitative estimate of drug-likeness (QED) is 0.154. The van der Waals surface area contributed by atoms with Gasteiger partial charge in [-0.05, 0) is 17.7 Å². The lowest BCUT2D eigenvalue weighted by Gasteiger charge is -2.17. The minimum atomic E-state index is 0.00634. The predicted molar refractivity (Wildman–Crippen MR) is 147 cm³/mol. The lowest BCUT2D eigenvalue weighted by Crippen LogP contribution is -2.14. The molecular weight excluding hydrogens is 524 g/mol. The molecule has 2 aromatic carbocycles. The van der Waals surface area contributed by atoms with Crippen molar-refractivity contribution in [3.63, 3.8) is 0 Å². The summed E-state index contributed by atoms with van der Waals surface area (Å²) in [7, 11) is 0. The Morgan fingerprint density at radius 3 is 1.23 bits per heavy atom. The van der Waals surface area contributed by atoms with Gasteiger partial charge < -0.3 is 52.8 Å². The Kier molecular flexibility index (Phi) is 20.5. The van der Waals surface area contributed by atoms with Gasteiger partial charge in [-0.3, -0.25) is 0 Å². The van der Waals surface area contributed by atoms with E-state index in [9.17, 15) is 0 Å². The molecule has 0 unspecified atom stereocenters. The third kappa shape index (κ3) is 16.6. The largest absolute Gasteiger partial charge is 0.487 e. The first kappa shape index (κ1) is 33.7. The second kappa shape index (κ2) is 24.3. The first-order chi connectivity index (χ1) is 19.8. The van der Waals surface area contributed by atoms with Crippen molar-refractivity contribution in [2.45, 2.75) is 6.61 Å². The Bertz CT molecular complexity index is 794. The van der Waals surface area contributed by atoms with Crippen molar-refractivity contribution in [1.29, 1.82) is 0 Å². The average Bonchev–Trinajstić information content (AvgIpc) is 2.98. The lowest BCUT2D eigenvalue weighted by atomic mass is 10.2. The summed E-state index contributed by atoms with van der Waals surface area (Å²) in [5, 5.41) is 17.3. The molecule has 2 N–H and O–H groups in total. The van der Waals surface area contributed by atoms with Crippen LogP contribution in [0.2, 0.25) is 0 Å². The Morgan fingerprint density at radius 2 is 0.800 bits per heavy atom. The van der Waals surface area contributed by atoms with Crippen LogP contribution in [0.4, 0.5) is 0 Å². The van der Waals surface area contributed by atoms with Crippen LogP contribution in [0, 0.1) is 0 Å². The van der Waals surface area contributed by atoms with Gasteiger partial charge in [0.05, 0.1) is 92.5 Å². The molecule has 0 atom stereocenters. The highest BCUT2D eigenvalue weighted by Crippen LogP contribution is 2.37. The highest BCUT2D eigenvalue weighted by atomic mass is 16.6. The van der Waals surface area contributed by atoms with Crippen molar-refractivity contribution in [3.8, 4) is 17.2 Å². The number of aliphatic hydroxyl groups excluding tert-OH is 2. The molecule has 11 nitrogen and oxygen atoms in total. The van der Waals surface area contributed by atoms with E-state index in [2.05, 4.69) is 0 Å². The maximum atomic E-state index is 8.66. The molecule has 2 aromatic rings. The van der Waals surface area contributed by atoms with Gasteiger partial charge in [-0.25, -0.2) is 0 Å². The number of para-hydroxylation sites is 1. The van der Waals surface area contributed by atoms with Crippen LogP contribution in [0.15, 0.2) is 48.5 Å². The molecule has 0 spiro atoms. The van der Waals surface area contributed by atoms with Crippen LogP contribution in [0.3, 0.4) is 0 Å². The van der Waals surface area contributed by atoms with Crippen LogP contribution in [0.5, 0.6) is 17.2 Å². The van der Waals surface area contributed by atoms with Gasteiger partial charge in [0.15, 0.2) is 11.5 Å². The summed E-state index contributed by atoms with van der Waals surface area (Å²) in [6.07, 6.45) is 0. The number of benzene rings is 2. The molecule has 0 aliphatic carbocycles. The summed E-state index contributed by atoms with van der Waals surface area (Å²) >= 11 is 0. The summed E-state index contributed by atoms with van der Waals surface area (Å²) in [6.45, 7) is 6.00. The van der Waals surface area contributed by atoms with Crippen LogP contribution in [0.25, 0.3) is 0 Å². The van der Waals surface area contributed by atoms with E-state index >= 15 is 0 Å². The molecule has 0 aliphatic rings. The summed E-state index contributed by atoms with van der Waals surface area (Å²) < 4.78 is 50.3. The van der Waals surface area contributed by atoms with Gasteiger partial charge in [0.25, 0.3) is 0 Å². The molecular formula is C29H44O11. The summed E-state index contributed by atoms with van der Waals surface area (Å²) in [5.74, 6) is 1.64. The summed E-state index contributed by atoms with van der Waals surface area (Å²) in [5.41, 5.74) is 1.03. The Balaban J connectivity index is 1.73. The molecule has 11 heteroatoms. The number of rotatable bonds is 27. The standard InChI is InChI=1S/C29H44O11/c30-9-11-32-13-15-34-17-19-36-21-23-38-27-7-4-8-28(29(27)40-25-26-5-2-1-3-6-26)39-24-22-37-20-18-35-16-14-33-12-10-31/h1-8,30-31H,9-25H2. The SMILES string of the molecule is OCCOCCOCCOCCOc1cccc(OCCOCCOCCOCCO)c1OCc1ccccc1. The molecule has 0 radical (unpaired) electrons. The molecule has 0 saturated carbocycles. The fourth-order valence-electron chi connectivity index (χ4n) is 3.23. The molecule has 0 amide bonds. The Labute approximate surface area is 236 Å². The van der Waals surface area contributed by atoms with Crippen LogP contribution in [-0.2, 0) is 35.0 Å². The first-order valence-electron chi connectivity index (χ1n) is 13.6. The molecule has 0 saturated heterocycles. The van der Waals surface area contributed by atoms with Gasteiger partial charge in [-0.2, -0.15) is 0 Å². The fraction of sp³-hybridized carbons (Fsp3) is 0.586. The molecule has 40 heavy (non-hydrogen) atoms. The molecule has 0 heterocycles. The van der Waals surface area contributed by atoms with Gasteiger partial charge in [0.2, 0.25) is 5.75 Å². The zero-order chi connectivity index (χ0) is 28.4. The minimum absolute atomic E-state index is 0.00634. The van der Waals surface area contributed by atoms with Crippen molar-refractivity contribution >= 4 is 0 Å². The number of aliphatic hydroxyl groups is 2. The predicted octanol–water partition coefficient (Wildman–Crippen LogP) is 2.11. The summed E-state index contributed by atoms with van der Waals surface area (Å²) in [6, 6.07) is 15.4. The van der Waals surface area contributed by atoms with Crippen molar-refractivity contribution in [2.75, 3.05) is 106 Å². The highest BCUT2D eigenvalue weighted by molar-refractivity contribution is 5.51. The number of hydrogen-bond donors (Lipinski definition) is 2. The van der Waals surface area contributed by atoms with Crippen molar-refractivity contribution in [1.82, 2.24) is 0 Å². The minimum Gasteiger partial charge on any atom is -0.487 e. The van der Waals surface area contributed by atoms with E-state index in [0.29, 0.717) is 116 Å². The van der Waals surface area contributed by atoms with E-state index in [4.69, 9.17) is 52.8 Å². The van der Waals surface area contributed by atoms with E-state index in [0.717, 1.165) is 5.56 Å². The second-order valence-electron chi connectivity index (χ2n) is 8.18. The zero-order valence-electron chi connectivity index (χ0n) is 23.2. The molecule has 226 valence electrons. The molecule has 0 bridgehead atoms. The number of hydrogen-bond acceptors (Lipinski definition) is 11. The highest BCUT2D eigenvalue weighted by Gasteiger charge is 2.13. The normalized spacial score (nSPS) is 11.1. The van der Waals surface area contributed by atoms with Gasteiger partial charge in [0, 0.05) is 0 Å². The maximum Gasteiger partial charge on any atom is 0.203 e. The smallest absolute Gasteiger partial charge is 0.203 e. The third-order valence-corrected chi connectivity index (χ3v) is 5.10. The molecule has 0 aromatic heterocycles. The number of ether oxygens (including phenoxy) is 9. The van der Waals surface area contributed by atoms with E-state index < -0.39 is 0 Å². The van der Waals surface area contributed by atoms with Crippen LogP contribution >= 0.6 is 0 Å². The van der Waals surface area contributed by atoms with Crippen molar-refractivity contribution in [3.05, 3.63) is 54.1 Å². The lowest BCUT2D eigenvalue weighted by molar-refractivity contribution is 0.00303. The molecule has 0 aliphatic heterocycles. The second-order valence-corrected chi connectivity index (χ2v) is 8.18. The first-order valence-corrected chi connectivity index (χ1v) is 13.6. The van der Waals surface area contributed by atoms with Crippen molar-refractivity contribution < 1.29 is 52.8 Å². The van der Waals surface area contributed by atoms with E-state index in [1.165, 1.54) is 0 Å². The van der Waals surface area contributed by atoms with Crippen molar-refractivity contribution in [2.24, 2.45) is 0 Å². The van der Waals surface area contributed by atoms with Gasteiger partial charge >= 0.3 is 0 Å². The summed E-state index contributed by atoms with van der Waals surface area (Å²) in [4.78, 5) is 0. The van der Waals surface area contributed by atoms with Gasteiger partial charge in [-0.15, -0.1) is 0 Å².